The summed E-state index contributed by atoms with van der Waals surface area (Å²) in [6.07, 6.45) is 3.15. The quantitative estimate of drug-likeness (QED) is 0.315. The number of benzene rings is 2. The lowest BCUT2D eigenvalue weighted by molar-refractivity contribution is -0.132. The fraction of sp³-hybridized carbons (Fsp3) is 0.192. The van der Waals surface area contributed by atoms with E-state index in [0.717, 1.165) is 11.1 Å². The van der Waals surface area contributed by atoms with Crippen LogP contribution in [0.5, 0.6) is 11.5 Å². The average Bonchev–Trinajstić information content (AvgIpc) is 3.10. The molecule has 1 amide bonds. The van der Waals surface area contributed by atoms with Crippen molar-refractivity contribution in [2.75, 3.05) is 19.1 Å². The van der Waals surface area contributed by atoms with E-state index in [4.69, 9.17) is 21.1 Å². The minimum atomic E-state index is -0.880. The number of halogens is 1. The van der Waals surface area contributed by atoms with Crippen molar-refractivity contribution < 1.29 is 24.2 Å². The van der Waals surface area contributed by atoms with E-state index in [-0.39, 0.29) is 21.9 Å². The molecule has 1 unspecified atom stereocenters. The molecule has 8 heteroatoms. The van der Waals surface area contributed by atoms with Crippen LogP contribution in [0.3, 0.4) is 0 Å². The van der Waals surface area contributed by atoms with Crippen LogP contribution in [-0.4, -0.2) is 36.0 Å². The maximum absolute atomic E-state index is 13.4. The molecular formula is C26H23ClN2O5. The van der Waals surface area contributed by atoms with E-state index in [0.29, 0.717) is 17.0 Å². The predicted octanol–water partition coefficient (Wildman–Crippen LogP) is 5.00. The third kappa shape index (κ3) is 3.88. The van der Waals surface area contributed by atoms with Crippen molar-refractivity contribution in [3.8, 4) is 11.5 Å². The first-order valence-corrected chi connectivity index (χ1v) is 10.9. The number of hydrogen-bond donors (Lipinski definition) is 1. The maximum Gasteiger partial charge on any atom is 0.300 e. The van der Waals surface area contributed by atoms with Crippen LogP contribution in [-0.2, 0) is 9.59 Å². The number of Topliss-reactive ketones (excluding diaryl/α,β-unsaturated/α-hetero) is 1. The van der Waals surface area contributed by atoms with E-state index in [1.54, 1.807) is 24.5 Å². The van der Waals surface area contributed by atoms with Gasteiger partial charge < -0.3 is 14.6 Å². The summed E-state index contributed by atoms with van der Waals surface area (Å²) >= 11 is 6.31. The normalized spacial score (nSPS) is 17.2. The summed E-state index contributed by atoms with van der Waals surface area (Å²) in [7, 11) is 2.88. The summed E-state index contributed by atoms with van der Waals surface area (Å²) in [5.74, 6) is -1.36. The summed E-state index contributed by atoms with van der Waals surface area (Å²) in [5.41, 5.74) is 3.05. The molecule has 0 radical (unpaired) electrons. The number of aromatic nitrogens is 1. The second-order valence-electron chi connectivity index (χ2n) is 7.93. The SMILES string of the molecule is COc1cc(OC)c(/C(O)=C2\C(=O)C(=O)N(c3cc(C)ccc3C)C2c2ccncc2)cc1Cl. The van der Waals surface area contributed by atoms with Crippen LogP contribution >= 0.6 is 11.6 Å². The third-order valence-corrected chi connectivity index (χ3v) is 6.11. The van der Waals surface area contributed by atoms with Gasteiger partial charge in [0.1, 0.15) is 17.3 Å². The van der Waals surface area contributed by atoms with Crippen LogP contribution in [0.1, 0.15) is 28.3 Å². The highest BCUT2D eigenvalue weighted by Gasteiger charge is 2.47. The lowest BCUT2D eigenvalue weighted by Gasteiger charge is -2.27. The average molecular weight is 479 g/mol. The molecule has 1 atom stereocenters. The number of carbonyl (C=O) groups is 2. The van der Waals surface area contributed by atoms with Gasteiger partial charge in [0, 0.05) is 24.1 Å². The zero-order valence-corrected chi connectivity index (χ0v) is 19.9. The van der Waals surface area contributed by atoms with Crippen LogP contribution in [0.15, 0.2) is 60.4 Å². The fourth-order valence-corrected chi connectivity index (χ4v) is 4.35. The number of aliphatic hydroxyl groups excluding tert-OH is 1. The first-order valence-electron chi connectivity index (χ1n) is 10.5. The number of hydrogen-bond acceptors (Lipinski definition) is 6. The lowest BCUT2D eigenvalue weighted by atomic mass is 9.95. The monoisotopic (exact) mass is 478 g/mol. The van der Waals surface area contributed by atoms with Gasteiger partial charge in [0.15, 0.2) is 0 Å². The van der Waals surface area contributed by atoms with Crippen molar-refractivity contribution in [1.82, 2.24) is 4.98 Å². The molecule has 34 heavy (non-hydrogen) atoms. The Kier molecular flexibility index (Phi) is 6.30. The number of aliphatic hydroxyl groups is 1. The molecule has 2 aromatic carbocycles. The highest BCUT2D eigenvalue weighted by Crippen LogP contribution is 2.45. The molecule has 7 nitrogen and oxygen atoms in total. The minimum absolute atomic E-state index is 0.0726. The molecule has 4 rings (SSSR count). The van der Waals surface area contributed by atoms with Crippen LogP contribution in [0.2, 0.25) is 5.02 Å². The predicted molar refractivity (Wildman–Crippen MR) is 129 cm³/mol. The zero-order valence-electron chi connectivity index (χ0n) is 19.1. The van der Waals surface area contributed by atoms with Crippen molar-refractivity contribution >= 4 is 34.7 Å². The molecule has 0 aliphatic carbocycles. The van der Waals surface area contributed by atoms with Crippen molar-refractivity contribution in [3.05, 3.63) is 87.7 Å². The summed E-state index contributed by atoms with van der Waals surface area (Å²) in [4.78, 5) is 32.2. The van der Waals surface area contributed by atoms with E-state index >= 15 is 0 Å². The molecule has 0 bridgehead atoms. The van der Waals surface area contributed by atoms with Gasteiger partial charge in [0.2, 0.25) is 0 Å². The third-order valence-electron chi connectivity index (χ3n) is 5.82. The van der Waals surface area contributed by atoms with Gasteiger partial charge in [-0.25, -0.2) is 0 Å². The second-order valence-corrected chi connectivity index (χ2v) is 8.33. The van der Waals surface area contributed by atoms with Crippen LogP contribution in [0, 0.1) is 13.8 Å². The number of ketones is 1. The zero-order chi connectivity index (χ0) is 24.6. The number of carbonyl (C=O) groups excluding carboxylic acids is 2. The van der Waals surface area contributed by atoms with E-state index in [1.165, 1.54) is 31.3 Å². The molecular weight excluding hydrogens is 456 g/mol. The first kappa shape index (κ1) is 23.3. The summed E-state index contributed by atoms with van der Waals surface area (Å²) in [6.45, 7) is 3.77. The van der Waals surface area contributed by atoms with Crippen molar-refractivity contribution in [1.29, 1.82) is 0 Å². The fourth-order valence-electron chi connectivity index (χ4n) is 4.11. The molecule has 1 aromatic heterocycles. The van der Waals surface area contributed by atoms with Gasteiger partial charge in [0.25, 0.3) is 11.7 Å². The number of anilines is 1. The highest BCUT2D eigenvalue weighted by molar-refractivity contribution is 6.52. The van der Waals surface area contributed by atoms with Crippen LogP contribution in [0.25, 0.3) is 5.76 Å². The van der Waals surface area contributed by atoms with Crippen molar-refractivity contribution in [3.63, 3.8) is 0 Å². The molecule has 1 fully saturated rings. The second kappa shape index (κ2) is 9.19. The Hall–Kier alpha value is -3.84. The number of amides is 1. The smallest absolute Gasteiger partial charge is 0.300 e. The van der Waals surface area contributed by atoms with Gasteiger partial charge in [-0.1, -0.05) is 23.7 Å². The molecule has 0 spiro atoms. The van der Waals surface area contributed by atoms with E-state index in [2.05, 4.69) is 4.98 Å². The first-order chi connectivity index (χ1) is 16.3. The largest absolute Gasteiger partial charge is 0.507 e. The standard InChI is InChI=1S/C26H23ClN2O5/c1-14-5-6-15(2)19(11-14)29-23(16-7-9-28-10-8-16)22(25(31)26(29)32)24(30)17-12-18(27)21(34-4)13-20(17)33-3/h5-13,23,30H,1-4H3/b24-22+. The van der Waals surface area contributed by atoms with Gasteiger partial charge in [-0.3, -0.25) is 19.5 Å². The molecule has 0 saturated carbocycles. The summed E-state index contributed by atoms with van der Waals surface area (Å²) in [5, 5.41) is 11.6. The molecule has 1 saturated heterocycles. The van der Waals surface area contributed by atoms with E-state index in [9.17, 15) is 14.7 Å². The Balaban J connectivity index is 2.01. The number of nitrogens with zero attached hydrogens (tertiary/aromatic N) is 2. The van der Waals surface area contributed by atoms with Gasteiger partial charge in [-0.2, -0.15) is 0 Å². The van der Waals surface area contributed by atoms with Crippen LogP contribution in [0.4, 0.5) is 5.69 Å². The molecule has 174 valence electrons. The topological polar surface area (TPSA) is 89.0 Å². The molecule has 2 heterocycles. The number of methoxy groups -OCH3 is 2. The van der Waals surface area contributed by atoms with Crippen LogP contribution < -0.4 is 14.4 Å². The van der Waals surface area contributed by atoms with Gasteiger partial charge in [-0.15, -0.1) is 0 Å². The summed E-state index contributed by atoms with van der Waals surface area (Å²) < 4.78 is 10.6. The Bertz CT molecular complexity index is 1320. The number of aryl methyl sites for hydroxylation is 2. The maximum atomic E-state index is 13.4. The Labute approximate surface area is 202 Å². The Morgan fingerprint density at radius 2 is 1.68 bits per heavy atom. The van der Waals surface area contributed by atoms with Gasteiger partial charge >= 0.3 is 0 Å². The minimum Gasteiger partial charge on any atom is -0.507 e. The molecule has 3 aromatic rings. The van der Waals surface area contributed by atoms with Gasteiger partial charge in [0.05, 0.1) is 36.4 Å². The Morgan fingerprint density at radius 1 is 1.00 bits per heavy atom. The Morgan fingerprint density at radius 3 is 2.32 bits per heavy atom. The molecule has 1 aliphatic heterocycles. The van der Waals surface area contributed by atoms with E-state index in [1.807, 2.05) is 32.0 Å². The van der Waals surface area contributed by atoms with Gasteiger partial charge in [-0.05, 0) is 54.8 Å². The molecule has 1 aliphatic rings. The van der Waals surface area contributed by atoms with Crippen molar-refractivity contribution in [2.24, 2.45) is 0 Å². The summed E-state index contributed by atoms with van der Waals surface area (Å²) in [6, 6.07) is 11.2. The number of pyridine rings is 1. The number of rotatable bonds is 5. The number of ether oxygens (including phenoxy) is 2. The lowest BCUT2D eigenvalue weighted by Crippen LogP contribution is -2.30. The van der Waals surface area contributed by atoms with Crippen molar-refractivity contribution in [2.45, 2.75) is 19.9 Å². The van der Waals surface area contributed by atoms with E-state index < -0.39 is 23.5 Å². The molecule has 1 N–H and O–H groups in total. The highest BCUT2D eigenvalue weighted by atomic mass is 35.5.